The lowest BCUT2D eigenvalue weighted by Crippen LogP contribution is -1.91. The molecule has 1 N–H and O–H groups in total. The Morgan fingerprint density at radius 1 is 1.00 bits per heavy atom. The second kappa shape index (κ2) is 5.32. The maximum Gasteiger partial charge on any atom is 0.227 e. The number of aromatic nitrogens is 1. The van der Waals surface area contributed by atoms with Crippen molar-refractivity contribution in [1.29, 1.82) is 0 Å². The lowest BCUT2D eigenvalue weighted by molar-refractivity contribution is 0.415. The van der Waals surface area contributed by atoms with Gasteiger partial charge in [0.05, 0.1) is 7.11 Å². The summed E-state index contributed by atoms with van der Waals surface area (Å²) in [7, 11) is 1.62. The predicted octanol–water partition coefficient (Wildman–Crippen LogP) is 4.05. The number of aryl methyl sites for hydroxylation is 1. The number of hydrogen-bond acceptors (Lipinski definition) is 4. The summed E-state index contributed by atoms with van der Waals surface area (Å²) < 4.78 is 11.1. The van der Waals surface area contributed by atoms with Crippen molar-refractivity contribution >= 4 is 10.8 Å². The fourth-order valence-electron chi connectivity index (χ4n) is 2.23. The molecule has 0 saturated heterocycles. The Morgan fingerprint density at radius 3 is 2.62 bits per heavy atom. The predicted molar refractivity (Wildman–Crippen MR) is 81.2 cm³/mol. The molecule has 106 valence electrons. The van der Waals surface area contributed by atoms with Crippen molar-refractivity contribution < 1.29 is 14.6 Å². The number of ether oxygens (including phenoxy) is 2. The zero-order valence-corrected chi connectivity index (χ0v) is 11.8. The summed E-state index contributed by atoms with van der Waals surface area (Å²) in [5.41, 5.74) is 0.919. The van der Waals surface area contributed by atoms with Crippen molar-refractivity contribution in [2.24, 2.45) is 0 Å². The second-order valence-corrected chi connectivity index (χ2v) is 4.81. The topological polar surface area (TPSA) is 51.6 Å². The first-order chi connectivity index (χ1) is 10.2. The van der Waals surface area contributed by atoms with Crippen LogP contribution in [0.5, 0.6) is 23.1 Å². The van der Waals surface area contributed by atoms with Gasteiger partial charge < -0.3 is 14.6 Å². The standard InChI is InChI=1S/C17H15NO3/c1-11-7-13(19)9-15(8-11)21-17-16-10-14(20-2)4-3-12(16)5-6-18-17/h3-10,19H,1-2H3. The van der Waals surface area contributed by atoms with Crippen molar-refractivity contribution in [3.63, 3.8) is 0 Å². The number of benzene rings is 2. The number of rotatable bonds is 3. The third-order valence-electron chi connectivity index (χ3n) is 3.19. The normalized spacial score (nSPS) is 10.6. The average Bonchev–Trinajstić information content (AvgIpc) is 2.46. The quantitative estimate of drug-likeness (QED) is 0.787. The summed E-state index contributed by atoms with van der Waals surface area (Å²) in [5, 5.41) is 11.5. The zero-order chi connectivity index (χ0) is 14.8. The van der Waals surface area contributed by atoms with Gasteiger partial charge in [0, 0.05) is 17.6 Å². The third-order valence-corrected chi connectivity index (χ3v) is 3.19. The van der Waals surface area contributed by atoms with Crippen LogP contribution < -0.4 is 9.47 Å². The molecule has 0 radical (unpaired) electrons. The van der Waals surface area contributed by atoms with E-state index in [0.29, 0.717) is 11.6 Å². The van der Waals surface area contributed by atoms with E-state index in [2.05, 4.69) is 4.98 Å². The van der Waals surface area contributed by atoms with E-state index in [0.717, 1.165) is 22.1 Å². The largest absolute Gasteiger partial charge is 0.508 e. The molecule has 0 amide bonds. The molecule has 0 bridgehead atoms. The molecule has 0 aliphatic carbocycles. The van der Waals surface area contributed by atoms with E-state index >= 15 is 0 Å². The van der Waals surface area contributed by atoms with E-state index in [-0.39, 0.29) is 5.75 Å². The minimum atomic E-state index is 0.169. The fraction of sp³-hybridized carbons (Fsp3) is 0.118. The third kappa shape index (κ3) is 2.74. The molecule has 21 heavy (non-hydrogen) atoms. The minimum Gasteiger partial charge on any atom is -0.508 e. The van der Waals surface area contributed by atoms with Crippen LogP contribution in [0.4, 0.5) is 0 Å². The summed E-state index contributed by atoms with van der Waals surface area (Å²) >= 11 is 0. The van der Waals surface area contributed by atoms with E-state index in [1.54, 1.807) is 25.4 Å². The van der Waals surface area contributed by atoms with E-state index in [9.17, 15) is 5.11 Å². The highest BCUT2D eigenvalue weighted by molar-refractivity contribution is 5.88. The second-order valence-electron chi connectivity index (χ2n) is 4.81. The molecule has 1 aromatic heterocycles. The molecule has 0 saturated carbocycles. The average molecular weight is 281 g/mol. The molecule has 3 rings (SSSR count). The van der Waals surface area contributed by atoms with Gasteiger partial charge >= 0.3 is 0 Å². The van der Waals surface area contributed by atoms with E-state index in [1.807, 2.05) is 37.3 Å². The number of methoxy groups -OCH3 is 1. The minimum absolute atomic E-state index is 0.169. The summed E-state index contributed by atoms with van der Waals surface area (Å²) in [4.78, 5) is 4.28. The highest BCUT2D eigenvalue weighted by Gasteiger charge is 2.07. The highest BCUT2D eigenvalue weighted by atomic mass is 16.5. The molecule has 4 heteroatoms. The Labute approximate surface area is 122 Å². The van der Waals surface area contributed by atoms with Crippen LogP contribution in [0.3, 0.4) is 0 Å². The Morgan fingerprint density at radius 2 is 1.86 bits per heavy atom. The lowest BCUT2D eigenvalue weighted by atomic mass is 10.1. The van der Waals surface area contributed by atoms with Gasteiger partial charge in [-0.2, -0.15) is 0 Å². The van der Waals surface area contributed by atoms with Gasteiger partial charge in [-0.15, -0.1) is 0 Å². The smallest absolute Gasteiger partial charge is 0.227 e. The molecule has 1 heterocycles. The van der Waals surface area contributed by atoms with Gasteiger partial charge in [-0.1, -0.05) is 6.07 Å². The molecule has 0 atom stereocenters. The van der Waals surface area contributed by atoms with Gasteiger partial charge in [-0.05, 0) is 48.2 Å². The summed E-state index contributed by atoms with van der Waals surface area (Å²) in [6.07, 6.45) is 1.69. The van der Waals surface area contributed by atoms with Crippen molar-refractivity contribution in [3.8, 4) is 23.1 Å². The Bertz CT molecular complexity index is 779. The van der Waals surface area contributed by atoms with Crippen LogP contribution in [0.15, 0.2) is 48.7 Å². The zero-order valence-electron chi connectivity index (χ0n) is 11.8. The monoisotopic (exact) mass is 281 g/mol. The first kappa shape index (κ1) is 13.2. The number of aromatic hydroxyl groups is 1. The first-order valence-corrected chi connectivity index (χ1v) is 6.57. The van der Waals surface area contributed by atoms with Crippen LogP contribution in [-0.4, -0.2) is 17.2 Å². The number of hydrogen-bond donors (Lipinski definition) is 1. The number of nitrogens with zero attached hydrogens (tertiary/aromatic N) is 1. The maximum atomic E-state index is 9.65. The van der Waals surface area contributed by atoms with Crippen LogP contribution in [-0.2, 0) is 0 Å². The molecule has 0 fully saturated rings. The van der Waals surface area contributed by atoms with Crippen LogP contribution in [0.2, 0.25) is 0 Å². The van der Waals surface area contributed by atoms with Crippen molar-refractivity contribution in [2.75, 3.05) is 7.11 Å². The van der Waals surface area contributed by atoms with Gasteiger partial charge in [0.15, 0.2) is 0 Å². The van der Waals surface area contributed by atoms with E-state index in [4.69, 9.17) is 9.47 Å². The lowest BCUT2D eigenvalue weighted by Gasteiger charge is -2.10. The highest BCUT2D eigenvalue weighted by Crippen LogP contribution is 2.32. The van der Waals surface area contributed by atoms with Gasteiger partial charge in [0.25, 0.3) is 0 Å². The fourth-order valence-corrected chi connectivity index (χ4v) is 2.23. The summed E-state index contributed by atoms with van der Waals surface area (Å²) in [6, 6.07) is 12.7. The Hall–Kier alpha value is -2.75. The van der Waals surface area contributed by atoms with Crippen LogP contribution >= 0.6 is 0 Å². The first-order valence-electron chi connectivity index (χ1n) is 6.57. The molecule has 0 aliphatic heterocycles. The van der Waals surface area contributed by atoms with E-state index < -0.39 is 0 Å². The van der Waals surface area contributed by atoms with Gasteiger partial charge in [-0.25, -0.2) is 4.98 Å². The molecule has 0 spiro atoms. The van der Waals surface area contributed by atoms with Gasteiger partial charge in [-0.3, -0.25) is 0 Å². The molecular formula is C17H15NO3. The summed E-state index contributed by atoms with van der Waals surface area (Å²) in [6.45, 7) is 1.89. The SMILES string of the molecule is COc1ccc2ccnc(Oc3cc(C)cc(O)c3)c2c1. The maximum absolute atomic E-state index is 9.65. The number of fused-ring (bicyclic) bond motifs is 1. The Balaban J connectivity index is 2.07. The van der Waals surface area contributed by atoms with Gasteiger partial charge in [0.1, 0.15) is 17.2 Å². The van der Waals surface area contributed by atoms with Crippen molar-refractivity contribution in [1.82, 2.24) is 4.98 Å². The Kier molecular flexibility index (Phi) is 3.36. The van der Waals surface area contributed by atoms with E-state index in [1.165, 1.54) is 0 Å². The number of phenolic OH excluding ortho intramolecular Hbond substituents is 1. The molecule has 0 unspecified atom stereocenters. The number of pyridine rings is 1. The van der Waals surface area contributed by atoms with Gasteiger partial charge in [0.2, 0.25) is 5.88 Å². The molecule has 2 aromatic carbocycles. The molecule has 4 nitrogen and oxygen atoms in total. The van der Waals surface area contributed by atoms with Crippen molar-refractivity contribution in [2.45, 2.75) is 6.92 Å². The van der Waals surface area contributed by atoms with Crippen LogP contribution in [0.25, 0.3) is 10.8 Å². The van der Waals surface area contributed by atoms with Crippen LogP contribution in [0, 0.1) is 6.92 Å². The van der Waals surface area contributed by atoms with Crippen molar-refractivity contribution in [3.05, 3.63) is 54.2 Å². The number of phenols is 1. The summed E-state index contributed by atoms with van der Waals surface area (Å²) in [5.74, 6) is 1.95. The van der Waals surface area contributed by atoms with Crippen LogP contribution in [0.1, 0.15) is 5.56 Å². The molecule has 3 aromatic rings. The molecule has 0 aliphatic rings. The molecular weight excluding hydrogens is 266 g/mol.